The van der Waals surface area contributed by atoms with Gasteiger partial charge in [0.15, 0.2) is 0 Å². The Morgan fingerprint density at radius 3 is 2.63 bits per heavy atom. The molecule has 0 saturated heterocycles. The van der Waals surface area contributed by atoms with Crippen LogP contribution in [0.4, 0.5) is 0 Å². The van der Waals surface area contributed by atoms with Gasteiger partial charge in [-0.15, -0.1) is 0 Å². The summed E-state index contributed by atoms with van der Waals surface area (Å²) in [6, 6.07) is 9.49. The number of aliphatic carboxylic acids is 1. The summed E-state index contributed by atoms with van der Waals surface area (Å²) in [7, 11) is 0. The third-order valence-electron chi connectivity index (χ3n) is 3.66. The van der Waals surface area contributed by atoms with Crippen LogP contribution in [-0.4, -0.2) is 22.5 Å². The van der Waals surface area contributed by atoms with Crippen molar-refractivity contribution in [3.05, 3.63) is 35.9 Å². The molecule has 4 nitrogen and oxygen atoms in total. The van der Waals surface area contributed by atoms with Crippen LogP contribution in [0.3, 0.4) is 0 Å². The van der Waals surface area contributed by atoms with Gasteiger partial charge in [-0.1, -0.05) is 43.7 Å². The number of amides is 1. The van der Waals surface area contributed by atoms with Gasteiger partial charge in [-0.3, -0.25) is 4.79 Å². The molecule has 1 fully saturated rings. The van der Waals surface area contributed by atoms with Crippen molar-refractivity contribution in [2.75, 3.05) is 0 Å². The van der Waals surface area contributed by atoms with E-state index in [-0.39, 0.29) is 11.8 Å². The Morgan fingerprint density at radius 2 is 2.05 bits per heavy atom. The van der Waals surface area contributed by atoms with Crippen LogP contribution in [0.1, 0.15) is 44.1 Å². The Hall–Kier alpha value is -1.84. The van der Waals surface area contributed by atoms with Gasteiger partial charge in [0.1, 0.15) is 5.54 Å². The lowest BCUT2D eigenvalue weighted by Crippen LogP contribution is -2.44. The Morgan fingerprint density at radius 1 is 1.37 bits per heavy atom. The van der Waals surface area contributed by atoms with Crippen LogP contribution < -0.4 is 5.32 Å². The predicted molar refractivity (Wildman–Crippen MR) is 71.8 cm³/mol. The summed E-state index contributed by atoms with van der Waals surface area (Å²) in [5, 5.41) is 12.1. The van der Waals surface area contributed by atoms with Crippen molar-refractivity contribution >= 4 is 11.9 Å². The molecule has 1 amide bonds. The maximum absolute atomic E-state index is 11.8. The fraction of sp³-hybridized carbons (Fsp3) is 0.467. The van der Waals surface area contributed by atoms with Crippen LogP contribution in [0.15, 0.2) is 30.3 Å². The van der Waals surface area contributed by atoms with Crippen LogP contribution in [0, 0.1) is 0 Å². The molecule has 2 unspecified atom stereocenters. The summed E-state index contributed by atoms with van der Waals surface area (Å²) in [6.07, 6.45) is 2.59. The van der Waals surface area contributed by atoms with Crippen molar-refractivity contribution in [3.8, 4) is 0 Å². The minimum Gasteiger partial charge on any atom is -0.479 e. The van der Waals surface area contributed by atoms with Crippen molar-refractivity contribution in [2.45, 2.75) is 44.1 Å². The molecule has 0 radical (unpaired) electrons. The van der Waals surface area contributed by atoms with Gasteiger partial charge < -0.3 is 10.4 Å². The monoisotopic (exact) mass is 261 g/mol. The molecule has 0 aromatic heterocycles. The largest absolute Gasteiger partial charge is 0.479 e. The highest BCUT2D eigenvalue weighted by Crippen LogP contribution is 2.51. The topological polar surface area (TPSA) is 66.4 Å². The maximum atomic E-state index is 11.8. The van der Waals surface area contributed by atoms with Crippen LogP contribution in [0.2, 0.25) is 0 Å². The molecule has 2 rings (SSSR count). The minimum atomic E-state index is -1.09. The summed E-state index contributed by atoms with van der Waals surface area (Å²) in [6.45, 7) is 2.00. The Balaban J connectivity index is 2.06. The van der Waals surface area contributed by atoms with E-state index in [1.807, 2.05) is 37.3 Å². The summed E-state index contributed by atoms with van der Waals surface area (Å²) in [4.78, 5) is 23.2. The molecule has 1 aliphatic carbocycles. The zero-order chi connectivity index (χ0) is 13.9. The summed E-state index contributed by atoms with van der Waals surface area (Å²) in [5.41, 5.74) is -0.118. The molecule has 0 heterocycles. The van der Waals surface area contributed by atoms with Crippen molar-refractivity contribution in [1.82, 2.24) is 5.32 Å². The molecule has 2 N–H and O–H groups in total. The molecular formula is C15H19NO3. The molecule has 1 saturated carbocycles. The molecule has 0 spiro atoms. The number of benzene rings is 1. The molecular weight excluding hydrogens is 242 g/mol. The van der Waals surface area contributed by atoms with E-state index in [1.54, 1.807) is 0 Å². The van der Waals surface area contributed by atoms with Crippen molar-refractivity contribution < 1.29 is 14.7 Å². The molecule has 4 heteroatoms. The van der Waals surface area contributed by atoms with Gasteiger partial charge in [-0.05, 0) is 18.4 Å². The SMILES string of the molecule is CCCCC(=O)NC1(C(=O)O)CC1c1ccccc1. The van der Waals surface area contributed by atoms with Crippen LogP contribution >= 0.6 is 0 Å². The van der Waals surface area contributed by atoms with Gasteiger partial charge in [0.25, 0.3) is 0 Å². The lowest BCUT2D eigenvalue weighted by molar-refractivity contribution is -0.143. The average Bonchev–Trinajstić information content (AvgIpc) is 3.13. The first-order chi connectivity index (χ1) is 9.10. The van der Waals surface area contributed by atoms with Crippen LogP contribution in [0.5, 0.6) is 0 Å². The standard InChI is InChI=1S/C15H19NO3/c1-2-3-9-13(17)16-15(14(18)19)10-12(15)11-7-5-4-6-8-11/h4-8,12H,2-3,9-10H2,1H3,(H,16,17)(H,18,19). The first-order valence-electron chi connectivity index (χ1n) is 6.69. The highest BCUT2D eigenvalue weighted by atomic mass is 16.4. The normalized spacial score (nSPS) is 24.8. The Bertz CT molecular complexity index is 472. The van der Waals surface area contributed by atoms with Gasteiger partial charge in [0.2, 0.25) is 5.91 Å². The number of nitrogens with one attached hydrogen (secondary N) is 1. The Labute approximate surface area is 112 Å². The molecule has 0 bridgehead atoms. The quantitative estimate of drug-likeness (QED) is 0.825. The summed E-state index contributed by atoms with van der Waals surface area (Å²) in [5.74, 6) is -1.22. The van der Waals surface area contributed by atoms with E-state index in [1.165, 1.54) is 0 Å². The molecule has 1 aromatic rings. The van der Waals surface area contributed by atoms with Gasteiger partial charge >= 0.3 is 5.97 Å². The van der Waals surface area contributed by atoms with E-state index < -0.39 is 11.5 Å². The lowest BCUT2D eigenvalue weighted by Gasteiger charge is -2.15. The van der Waals surface area contributed by atoms with E-state index >= 15 is 0 Å². The Kier molecular flexibility index (Phi) is 3.88. The number of carboxylic acid groups (broad SMARTS) is 1. The number of hydrogen-bond acceptors (Lipinski definition) is 2. The highest BCUT2D eigenvalue weighted by molar-refractivity contribution is 5.91. The second-order valence-corrected chi connectivity index (χ2v) is 5.10. The smallest absolute Gasteiger partial charge is 0.330 e. The predicted octanol–water partition coefficient (Wildman–Crippen LogP) is 2.30. The summed E-state index contributed by atoms with van der Waals surface area (Å²) >= 11 is 0. The fourth-order valence-electron chi connectivity index (χ4n) is 2.43. The molecule has 19 heavy (non-hydrogen) atoms. The molecule has 1 aromatic carbocycles. The van der Waals surface area contributed by atoms with Gasteiger partial charge in [0, 0.05) is 12.3 Å². The van der Waals surface area contributed by atoms with Crippen LogP contribution in [0.25, 0.3) is 0 Å². The van der Waals surface area contributed by atoms with E-state index in [0.717, 1.165) is 18.4 Å². The van der Waals surface area contributed by atoms with Gasteiger partial charge in [-0.2, -0.15) is 0 Å². The molecule has 1 aliphatic rings. The van der Waals surface area contributed by atoms with Gasteiger partial charge in [0.05, 0.1) is 0 Å². The third-order valence-corrected chi connectivity index (χ3v) is 3.66. The van der Waals surface area contributed by atoms with Gasteiger partial charge in [-0.25, -0.2) is 4.79 Å². The molecule has 2 atom stereocenters. The molecule has 102 valence electrons. The zero-order valence-electron chi connectivity index (χ0n) is 11.1. The number of carboxylic acids is 1. The van der Waals surface area contributed by atoms with Crippen LogP contribution in [-0.2, 0) is 9.59 Å². The zero-order valence-corrected chi connectivity index (χ0v) is 11.1. The second kappa shape index (κ2) is 5.43. The highest BCUT2D eigenvalue weighted by Gasteiger charge is 2.62. The number of hydrogen-bond donors (Lipinski definition) is 2. The van der Waals surface area contributed by atoms with E-state index in [2.05, 4.69) is 5.32 Å². The van der Waals surface area contributed by atoms with E-state index in [4.69, 9.17) is 0 Å². The lowest BCUT2D eigenvalue weighted by atomic mass is 10.1. The minimum absolute atomic E-state index is 0.114. The van der Waals surface area contributed by atoms with Crippen molar-refractivity contribution in [2.24, 2.45) is 0 Å². The number of rotatable bonds is 6. The average molecular weight is 261 g/mol. The third kappa shape index (κ3) is 2.78. The summed E-state index contributed by atoms with van der Waals surface area (Å²) < 4.78 is 0. The van der Waals surface area contributed by atoms with Crippen molar-refractivity contribution in [3.63, 3.8) is 0 Å². The second-order valence-electron chi connectivity index (χ2n) is 5.10. The molecule has 0 aliphatic heterocycles. The first-order valence-corrected chi connectivity index (χ1v) is 6.69. The maximum Gasteiger partial charge on any atom is 0.330 e. The van der Waals surface area contributed by atoms with Crippen molar-refractivity contribution in [1.29, 1.82) is 0 Å². The first kappa shape index (κ1) is 13.6. The number of unbranched alkanes of at least 4 members (excludes halogenated alkanes) is 1. The van der Waals surface area contributed by atoms with E-state index in [9.17, 15) is 14.7 Å². The fourth-order valence-corrected chi connectivity index (χ4v) is 2.43. The van der Waals surface area contributed by atoms with E-state index in [0.29, 0.717) is 12.8 Å². The number of carbonyl (C=O) groups excluding carboxylic acids is 1. The number of carbonyl (C=O) groups is 2.